The van der Waals surface area contributed by atoms with Crippen LogP contribution in [0.1, 0.15) is 24.4 Å². The van der Waals surface area contributed by atoms with Crippen molar-refractivity contribution < 1.29 is 9.47 Å². The van der Waals surface area contributed by atoms with Gasteiger partial charge in [0, 0.05) is 6.54 Å². The Morgan fingerprint density at radius 3 is 2.75 bits per heavy atom. The molecule has 0 fully saturated rings. The fourth-order valence-electron chi connectivity index (χ4n) is 1.73. The minimum Gasteiger partial charge on any atom is -0.493 e. The van der Waals surface area contributed by atoms with Gasteiger partial charge in [-0.25, -0.2) is 0 Å². The van der Waals surface area contributed by atoms with Gasteiger partial charge in [0.15, 0.2) is 16.5 Å². The summed E-state index contributed by atoms with van der Waals surface area (Å²) in [6, 6.07) is 5.98. The van der Waals surface area contributed by atoms with E-state index in [1.807, 2.05) is 25.1 Å². The fourth-order valence-corrected chi connectivity index (χ4v) is 2.45. The van der Waals surface area contributed by atoms with Crippen LogP contribution in [-0.2, 0) is 13.0 Å². The van der Waals surface area contributed by atoms with Crippen LogP contribution in [0.5, 0.6) is 11.5 Å². The summed E-state index contributed by atoms with van der Waals surface area (Å²) in [5.74, 6) is 1.48. The Kier molecular flexibility index (Phi) is 5.17. The lowest BCUT2D eigenvalue weighted by Crippen LogP contribution is -1.98. The first kappa shape index (κ1) is 14.6. The lowest BCUT2D eigenvalue weighted by Gasteiger charge is -2.10. The normalized spacial score (nSPS) is 10.3. The Hall–Kier alpha value is -1.82. The number of hydrogen-bond acceptors (Lipinski definition) is 6. The highest BCUT2D eigenvalue weighted by Gasteiger charge is 2.08. The van der Waals surface area contributed by atoms with Crippen molar-refractivity contribution in [2.45, 2.75) is 26.9 Å². The molecular formula is C14H19N3O2S. The van der Waals surface area contributed by atoms with Gasteiger partial charge >= 0.3 is 0 Å². The number of methoxy groups -OCH3 is 1. The first-order chi connectivity index (χ1) is 9.76. The predicted molar refractivity (Wildman–Crippen MR) is 80.8 cm³/mol. The second-order valence-corrected chi connectivity index (χ2v) is 5.22. The van der Waals surface area contributed by atoms with Gasteiger partial charge < -0.3 is 14.8 Å². The number of ether oxygens (including phenoxy) is 2. The van der Waals surface area contributed by atoms with Gasteiger partial charge in [0.25, 0.3) is 0 Å². The standard InChI is InChI=1S/C14H19N3O2S/c1-4-10-6-7-11(12(8-10)18-3)19-9-13-16-17-14(20-13)15-5-2/h6-8H,4-5,9H2,1-3H3,(H,15,17). The van der Waals surface area contributed by atoms with Crippen LogP contribution in [0.25, 0.3) is 0 Å². The number of anilines is 1. The Morgan fingerprint density at radius 2 is 2.05 bits per heavy atom. The van der Waals surface area contributed by atoms with Crippen molar-refractivity contribution in [2.24, 2.45) is 0 Å². The molecule has 0 bridgehead atoms. The molecule has 1 aromatic carbocycles. The van der Waals surface area contributed by atoms with E-state index in [0.29, 0.717) is 6.61 Å². The van der Waals surface area contributed by atoms with E-state index < -0.39 is 0 Å². The van der Waals surface area contributed by atoms with Crippen molar-refractivity contribution in [3.63, 3.8) is 0 Å². The number of aryl methyl sites for hydroxylation is 1. The minimum absolute atomic E-state index is 0.394. The van der Waals surface area contributed by atoms with E-state index in [1.54, 1.807) is 7.11 Å². The molecule has 2 aromatic rings. The summed E-state index contributed by atoms with van der Waals surface area (Å²) in [5, 5.41) is 12.9. The van der Waals surface area contributed by atoms with Gasteiger partial charge in [-0.3, -0.25) is 0 Å². The average Bonchev–Trinajstić information content (AvgIpc) is 2.93. The average molecular weight is 293 g/mol. The van der Waals surface area contributed by atoms with Crippen molar-refractivity contribution in [1.29, 1.82) is 0 Å². The van der Waals surface area contributed by atoms with E-state index >= 15 is 0 Å². The third-order valence-corrected chi connectivity index (χ3v) is 3.64. The van der Waals surface area contributed by atoms with E-state index in [4.69, 9.17) is 9.47 Å². The number of aromatic nitrogens is 2. The van der Waals surface area contributed by atoms with Gasteiger partial charge in [-0.1, -0.05) is 24.3 Å². The Morgan fingerprint density at radius 1 is 1.20 bits per heavy atom. The number of nitrogens with one attached hydrogen (secondary N) is 1. The maximum absolute atomic E-state index is 5.76. The van der Waals surface area contributed by atoms with E-state index in [0.717, 1.165) is 34.6 Å². The molecule has 1 aromatic heterocycles. The smallest absolute Gasteiger partial charge is 0.205 e. The molecule has 0 saturated heterocycles. The lowest BCUT2D eigenvalue weighted by atomic mass is 10.1. The predicted octanol–water partition coefficient (Wildman–Crippen LogP) is 3.12. The third kappa shape index (κ3) is 3.60. The zero-order valence-corrected chi connectivity index (χ0v) is 12.8. The van der Waals surface area contributed by atoms with Crippen molar-refractivity contribution >= 4 is 16.5 Å². The number of nitrogens with zero attached hydrogens (tertiary/aromatic N) is 2. The van der Waals surface area contributed by atoms with Crippen molar-refractivity contribution in [3.05, 3.63) is 28.8 Å². The fraction of sp³-hybridized carbons (Fsp3) is 0.429. The molecule has 0 radical (unpaired) electrons. The molecule has 0 aliphatic rings. The molecule has 0 atom stereocenters. The SMILES string of the molecule is CCNc1nnc(COc2ccc(CC)cc2OC)s1. The van der Waals surface area contributed by atoms with Crippen LogP contribution in [0.4, 0.5) is 5.13 Å². The number of hydrogen-bond donors (Lipinski definition) is 1. The molecule has 0 amide bonds. The van der Waals surface area contributed by atoms with Crippen LogP contribution < -0.4 is 14.8 Å². The maximum atomic E-state index is 5.76. The molecular weight excluding hydrogens is 274 g/mol. The monoisotopic (exact) mass is 293 g/mol. The largest absolute Gasteiger partial charge is 0.493 e. The Balaban J connectivity index is 2.02. The van der Waals surface area contributed by atoms with Crippen molar-refractivity contribution in [3.8, 4) is 11.5 Å². The molecule has 0 saturated carbocycles. The van der Waals surface area contributed by atoms with Crippen LogP contribution in [0, 0.1) is 0 Å². The summed E-state index contributed by atoms with van der Waals surface area (Å²) in [6.07, 6.45) is 0.971. The summed E-state index contributed by atoms with van der Waals surface area (Å²) < 4.78 is 11.1. The zero-order valence-electron chi connectivity index (χ0n) is 12.0. The second kappa shape index (κ2) is 7.09. The summed E-state index contributed by atoms with van der Waals surface area (Å²) in [5.41, 5.74) is 1.22. The Bertz CT molecular complexity index is 557. The molecule has 1 heterocycles. The molecule has 20 heavy (non-hydrogen) atoms. The zero-order chi connectivity index (χ0) is 14.4. The molecule has 108 valence electrons. The lowest BCUT2D eigenvalue weighted by molar-refractivity contribution is 0.283. The first-order valence-electron chi connectivity index (χ1n) is 6.62. The summed E-state index contributed by atoms with van der Waals surface area (Å²) in [7, 11) is 1.65. The van der Waals surface area contributed by atoms with E-state index in [2.05, 4.69) is 22.4 Å². The highest BCUT2D eigenvalue weighted by atomic mass is 32.1. The van der Waals surface area contributed by atoms with Gasteiger partial charge in [0.1, 0.15) is 6.61 Å². The van der Waals surface area contributed by atoms with E-state index in [-0.39, 0.29) is 0 Å². The minimum atomic E-state index is 0.394. The quantitative estimate of drug-likeness (QED) is 0.850. The van der Waals surface area contributed by atoms with Crippen LogP contribution in [0.2, 0.25) is 0 Å². The van der Waals surface area contributed by atoms with Crippen LogP contribution >= 0.6 is 11.3 Å². The van der Waals surface area contributed by atoms with Crippen molar-refractivity contribution in [2.75, 3.05) is 19.0 Å². The van der Waals surface area contributed by atoms with Gasteiger partial charge in [0.05, 0.1) is 7.11 Å². The van der Waals surface area contributed by atoms with Crippen LogP contribution in [0.15, 0.2) is 18.2 Å². The third-order valence-electron chi connectivity index (χ3n) is 2.78. The molecule has 0 aliphatic carbocycles. The topological polar surface area (TPSA) is 56.3 Å². The summed E-state index contributed by atoms with van der Waals surface area (Å²) in [4.78, 5) is 0. The van der Waals surface area contributed by atoms with Crippen LogP contribution in [0.3, 0.4) is 0 Å². The number of benzene rings is 1. The summed E-state index contributed by atoms with van der Waals surface area (Å²) >= 11 is 1.50. The molecule has 0 aliphatic heterocycles. The van der Waals surface area contributed by atoms with Gasteiger partial charge in [0.2, 0.25) is 5.13 Å². The van der Waals surface area contributed by atoms with E-state index in [1.165, 1.54) is 16.9 Å². The van der Waals surface area contributed by atoms with Crippen molar-refractivity contribution in [1.82, 2.24) is 10.2 Å². The van der Waals surface area contributed by atoms with Crippen LogP contribution in [-0.4, -0.2) is 23.9 Å². The first-order valence-corrected chi connectivity index (χ1v) is 7.44. The summed E-state index contributed by atoms with van der Waals surface area (Å²) in [6.45, 7) is 5.36. The molecule has 0 unspecified atom stereocenters. The Labute approximate surface area is 123 Å². The molecule has 1 N–H and O–H groups in total. The number of rotatable bonds is 7. The molecule has 2 rings (SSSR count). The van der Waals surface area contributed by atoms with E-state index in [9.17, 15) is 0 Å². The molecule has 5 nitrogen and oxygen atoms in total. The highest BCUT2D eigenvalue weighted by molar-refractivity contribution is 7.15. The molecule has 0 spiro atoms. The van der Waals surface area contributed by atoms with Gasteiger partial charge in [-0.05, 0) is 31.0 Å². The van der Waals surface area contributed by atoms with Gasteiger partial charge in [-0.15, -0.1) is 10.2 Å². The highest BCUT2D eigenvalue weighted by Crippen LogP contribution is 2.29. The van der Waals surface area contributed by atoms with Gasteiger partial charge in [-0.2, -0.15) is 0 Å². The molecule has 6 heteroatoms. The maximum Gasteiger partial charge on any atom is 0.205 e. The second-order valence-electron chi connectivity index (χ2n) is 4.16.